The molecule has 2 saturated carbocycles. The van der Waals surface area contributed by atoms with Gasteiger partial charge in [-0.05, 0) is 79.9 Å². The smallest absolute Gasteiger partial charge is 0.119 e. The molecule has 1 aromatic carbocycles. The summed E-state index contributed by atoms with van der Waals surface area (Å²) in [6.45, 7) is 5.64. The summed E-state index contributed by atoms with van der Waals surface area (Å²) in [6.07, 6.45) is 18.2. The van der Waals surface area contributed by atoms with Crippen LogP contribution in [0.3, 0.4) is 0 Å². The van der Waals surface area contributed by atoms with E-state index in [9.17, 15) is 0 Å². The summed E-state index contributed by atoms with van der Waals surface area (Å²) in [5.74, 6) is 4.71. The summed E-state index contributed by atoms with van der Waals surface area (Å²) in [4.78, 5) is 0. The second-order valence-corrected chi connectivity index (χ2v) is 9.44. The van der Waals surface area contributed by atoms with Gasteiger partial charge in [0.25, 0.3) is 0 Å². The maximum absolute atomic E-state index is 6.04. The van der Waals surface area contributed by atoms with Crippen LogP contribution in [0.5, 0.6) is 5.75 Å². The SMILES string of the molecule is CCCCC1CCC(c2ccc(OCCCC3CCCCC3C)cc2)CC1. The van der Waals surface area contributed by atoms with Crippen molar-refractivity contribution in [1.82, 2.24) is 0 Å². The van der Waals surface area contributed by atoms with E-state index in [1.165, 1.54) is 89.0 Å². The molecule has 27 heavy (non-hydrogen) atoms. The maximum Gasteiger partial charge on any atom is 0.119 e. The van der Waals surface area contributed by atoms with Gasteiger partial charge in [-0.25, -0.2) is 0 Å². The normalized spacial score (nSPS) is 28.8. The monoisotopic (exact) mass is 370 g/mol. The Labute approximate surface area is 168 Å². The van der Waals surface area contributed by atoms with Gasteiger partial charge in [-0.2, -0.15) is 0 Å². The average Bonchev–Trinajstić information content (AvgIpc) is 2.72. The Bertz CT molecular complexity index is 512. The van der Waals surface area contributed by atoms with Crippen molar-refractivity contribution in [2.24, 2.45) is 17.8 Å². The first kappa shape index (κ1) is 20.7. The number of hydrogen-bond donors (Lipinski definition) is 0. The molecule has 2 atom stereocenters. The number of unbranched alkanes of at least 4 members (excludes halogenated alkanes) is 1. The molecule has 0 saturated heterocycles. The molecule has 0 N–H and O–H groups in total. The van der Waals surface area contributed by atoms with Crippen molar-refractivity contribution in [2.75, 3.05) is 6.61 Å². The Morgan fingerprint density at radius 2 is 1.59 bits per heavy atom. The quantitative estimate of drug-likeness (QED) is 0.399. The van der Waals surface area contributed by atoms with Gasteiger partial charge in [0.2, 0.25) is 0 Å². The predicted molar refractivity (Wildman–Crippen MR) is 117 cm³/mol. The van der Waals surface area contributed by atoms with E-state index in [2.05, 4.69) is 38.1 Å². The molecule has 0 aromatic heterocycles. The van der Waals surface area contributed by atoms with Crippen LogP contribution < -0.4 is 4.74 Å². The second-order valence-electron chi connectivity index (χ2n) is 9.44. The van der Waals surface area contributed by atoms with E-state index in [-0.39, 0.29) is 0 Å². The number of rotatable bonds is 9. The van der Waals surface area contributed by atoms with Gasteiger partial charge in [0.1, 0.15) is 5.75 Å². The van der Waals surface area contributed by atoms with E-state index < -0.39 is 0 Å². The van der Waals surface area contributed by atoms with E-state index in [1.54, 1.807) is 0 Å². The molecule has 1 heteroatoms. The van der Waals surface area contributed by atoms with Crippen molar-refractivity contribution in [2.45, 2.75) is 103 Å². The van der Waals surface area contributed by atoms with Gasteiger partial charge in [-0.3, -0.25) is 0 Å². The first-order chi connectivity index (χ1) is 13.3. The lowest BCUT2D eigenvalue weighted by atomic mass is 9.77. The highest BCUT2D eigenvalue weighted by atomic mass is 16.5. The minimum Gasteiger partial charge on any atom is -0.494 e. The van der Waals surface area contributed by atoms with Gasteiger partial charge in [0.15, 0.2) is 0 Å². The van der Waals surface area contributed by atoms with Crippen LogP contribution in [-0.4, -0.2) is 6.61 Å². The summed E-state index contributed by atoms with van der Waals surface area (Å²) in [7, 11) is 0. The molecular formula is C26H42O. The van der Waals surface area contributed by atoms with Gasteiger partial charge in [-0.1, -0.05) is 70.9 Å². The third-order valence-corrected chi connectivity index (χ3v) is 7.44. The van der Waals surface area contributed by atoms with Crippen molar-refractivity contribution in [1.29, 1.82) is 0 Å². The van der Waals surface area contributed by atoms with Crippen LogP contribution in [0.1, 0.15) is 109 Å². The van der Waals surface area contributed by atoms with Gasteiger partial charge in [-0.15, -0.1) is 0 Å². The van der Waals surface area contributed by atoms with Crippen LogP contribution in [0, 0.1) is 17.8 Å². The molecule has 0 amide bonds. The predicted octanol–water partition coefficient (Wildman–Crippen LogP) is 8.14. The molecule has 152 valence electrons. The fourth-order valence-corrected chi connectivity index (χ4v) is 5.47. The molecule has 3 rings (SSSR count). The van der Waals surface area contributed by atoms with Gasteiger partial charge >= 0.3 is 0 Å². The van der Waals surface area contributed by atoms with Crippen molar-refractivity contribution in [3.63, 3.8) is 0 Å². The van der Waals surface area contributed by atoms with Gasteiger partial charge < -0.3 is 4.74 Å². The van der Waals surface area contributed by atoms with Gasteiger partial charge in [0, 0.05) is 0 Å². The van der Waals surface area contributed by atoms with Crippen LogP contribution in [0.4, 0.5) is 0 Å². The molecular weight excluding hydrogens is 328 g/mol. The van der Waals surface area contributed by atoms with Crippen molar-refractivity contribution >= 4 is 0 Å². The molecule has 0 heterocycles. The molecule has 2 aliphatic carbocycles. The lowest BCUT2D eigenvalue weighted by Gasteiger charge is -2.29. The lowest BCUT2D eigenvalue weighted by molar-refractivity contribution is 0.217. The summed E-state index contributed by atoms with van der Waals surface area (Å²) >= 11 is 0. The number of benzene rings is 1. The Balaban J connectivity index is 1.35. The zero-order valence-electron chi connectivity index (χ0n) is 17.9. The highest BCUT2D eigenvalue weighted by molar-refractivity contribution is 5.29. The molecule has 2 aliphatic rings. The fraction of sp³-hybridized carbons (Fsp3) is 0.769. The number of ether oxygens (including phenoxy) is 1. The fourth-order valence-electron chi connectivity index (χ4n) is 5.47. The average molecular weight is 371 g/mol. The van der Waals surface area contributed by atoms with Crippen molar-refractivity contribution < 1.29 is 4.74 Å². The molecule has 0 radical (unpaired) electrons. The van der Waals surface area contributed by atoms with E-state index >= 15 is 0 Å². The molecule has 1 nitrogen and oxygen atoms in total. The summed E-state index contributed by atoms with van der Waals surface area (Å²) in [5, 5.41) is 0. The standard InChI is InChI=1S/C26H42O/c1-3-4-9-22-12-14-24(15-13-22)25-16-18-26(19-17-25)27-20-7-11-23-10-6-5-8-21(23)2/h16-19,21-24H,3-15,20H2,1-2H3. The highest BCUT2D eigenvalue weighted by Crippen LogP contribution is 2.38. The zero-order valence-corrected chi connectivity index (χ0v) is 17.9. The third kappa shape index (κ3) is 6.54. The first-order valence-electron chi connectivity index (χ1n) is 12.0. The molecule has 0 bridgehead atoms. The lowest BCUT2D eigenvalue weighted by Crippen LogP contribution is -2.17. The van der Waals surface area contributed by atoms with Crippen molar-refractivity contribution in [3.05, 3.63) is 29.8 Å². The molecule has 2 fully saturated rings. The van der Waals surface area contributed by atoms with Crippen LogP contribution in [0.15, 0.2) is 24.3 Å². The summed E-state index contributed by atoms with van der Waals surface area (Å²) < 4.78 is 6.04. The summed E-state index contributed by atoms with van der Waals surface area (Å²) in [5.41, 5.74) is 1.53. The van der Waals surface area contributed by atoms with E-state index in [4.69, 9.17) is 4.74 Å². The Morgan fingerprint density at radius 1 is 0.852 bits per heavy atom. The molecule has 2 unspecified atom stereocenters. The molecule has 0 aliphatic heterocycles. The summed E-state index contributed by atoms with van der Waals surface area (Å²) in [6, 6.07) is 9.08. The van der Waals surface area contributed by atoms with E-state index in [0.717, 1.165) is 36.0 Å². The Hall–Kier alpha value is -0.980. The second kappa shape index (κ2) is 11.1. The van der Waals surface area contributed by atoms with E-state index in [0.29, 0.717) is 0 Å². The maximum atomic E-state index is 6.04. The topological polar surface area (TPSA) is 9.23 Å². The van der Waals surface area contributed by atoms with Crippen LogP contribution >= 0.6 is 0 Å². The minimum absolute atomic E-state index is 0.782. The first-order valence-corrected chi connectivity index (χ1v) is 12.0. The van der Waals surface area contributed by atoms with Crippen LogP contribution in [0.25, 0.3) is 0 Å². The highest BCUT2D eigenvalue weighted by Gasteiger charge is 2.22. The molecule has 0 spiro atoms. The van der Waals surface area contributed by atoms with Gasteiger partial charge in [0.05, 0.1) is 6.61 Å². The van der Waals surface area contributed by atoms with Crippen molar-refractivity contribution in [3.8, 4) is 5.75 Å². The van der Waals surface area contributed by atoms with E-state index in [1.807, 2.05) is 0 Å². The van der Waals surface area contributed by atoms with Crippen LogP contribution in [-0.2, 0) is 0 Å². The number of hydrogen-bond acceptors (Lipinski definition) is 1. The zero-order chi connectivity index (χ0) is 18.9. The molecule has 1 aromatic rings. The van der Waals surface area contributed by atoms with Crippen LogP contribution in [0.2, 0.25) is 0 Å². The largest absolute Gasteiger partial charge is 0.494 e. The Kier molecular flexibility index (Phi) is 8.55. The Morgan fingerprint density at radius 3 is 2.30 bits per heavy atom. The minimum atomic E-state index is 0.782. The third-order valence-electron chi connectivity index (χ3n) is 7.44.